The van der Waals surface area contributed by atoms with E-state index in [0.29, 0.717) is 0 Å². The summed E-state index contributed by atoms with van der Waals surface area (Å²) in [6.45, 7) is 2.10. The lowest BCUT2D eigenvalue weighted by Crippen LogP contribution is -2.31. The summed E-state index contributed by atoms with van der Waals surface area (Å²) in [5, 5.41) is 1.23. The maximum absolute atomic E-state index is 6.08. The van der Waals surface area contributed by atoms with Crippen molar-refractivity contribution < 1.29 is 0 Å². The Morgan fingerprint density at radius 3 is 3.00 bits per heavy atom. The van der Waals surface area contributed by atoms with Gasteiger partial charge in [0.2, 0.25) is 0 Å². The van der Waals surface area contributed by atoms with Gasteiger partial charge >= 0.3 is 0 Å². The first kappa shape index (κ1) is 8.92. The number of nitrogens with one attached hydrogen (secondary N) is 1. The minimum absolute atomic E-state index is 0.210. The topological polar surface area (TPSA) is 54.7 Å². The Kier molecular flexibility index (Phi) is 1.68. The Balaban J connectivity index is 2.20. The van der Waals surface area contributed by atoms with Gasteiger partial charge in [-0.3, -0.25) is 0 Å². The third-order valence-electron chi connectivity index (χ3n) is 3.65. The Labute approximate surface area is 88.7 Å². The molecule has 1 atom stereocenters. The minimum Gasteiger partial charge on any atom is -0.346 e. The lowest BCUT2D eigenvalue weighted by molar-refractivity contribution is 0.560. The highest BCUT2D eigenvalue weighted by molar-refractivity contribution is 5.81. The largest absolute Gasteiger partial charge is 0.346 e. The normalized spacial score (nSPS) is 20.4. The molecule has 0 amide bonds. The molecule has 2 aromatic heterocycles. The van der Waals surface area contributed by atoms with Crippen LogP contribution in [0.4, 0.5) is 0 Å². The lowest BCUT2D eigenvalue weighted by atomic mass is 9.90. The van der Waals surface area contributed by atoms with E-state index in [1.165, 1.54) is 23.8 Å². The Morgan fingerprint density at radius 1 is 1.53 bits per heavy atom. The molecule has 3 heteroatoms. The van der Waals surface area contributed by atoms with E-state index in [-0.39, 0.29) is 11.5 Å². The van der Waals surface area contributed by atoms with Crippen LogP contribution in [-0.4, -0.2) is 16.0 Å². The molecule has 1 saturated carbocycles. The van der Waals surface area contributed by atoms with Crippen LogP contribution in [0.3, 0.4) is 0 Å². The van der Waals surface area contributed by atoms with Crippen LogP contribution >= 0.6 is 0 Å². The zero-order valence-corrected chi connectivity index (χ0v) is 8.83. The zero-order valence-electron chi connectivity index (χ0n) is 8.83. The molecular formula is C12H15N3. The van der Waals surface area contributed by atoms with E-state index in [0.717, 1.165) is 5.65 Å². The van der Waals surface area contributed by atoms with Gasteiger partial charge in [-0.25, -0.2) is 4.98 Å². The number of aromatic nitrogens is 2. The van der Waals surface area contributed by atoms with Crippen molar-refractivity contribution in [3.63, 3.8) is 0 Å². The Hall–Kier alpha value is -1.35. The van der Waals surface area contributed by atoms with E-state index in [1.54, 1.807) is 0 Å². The predicted octanol–water partition coefficient (Wildman–Crippen LogP) is 1.94. The van der Waals surface area contributed by atoms with Crippen molar-refractivity contribution in [1.29, 1.82) is 0 Å². The van der Waals surface area contributed by atoms with E-state index in [4.69, 9.17) is 5.73 Å². The molecular weight excluding hydrogens is 186 g/mol. The number of hydrogen-bond acceptors (Lipinski definition) is 2. The molecule has 0 aromatic carbocycles. The highest BCUT2D eigenvalue weighted by Gasteiger charge is 2.48. The van der Waals surface area contributed by atoms with Crippen LogP contribution in [0.5, 0.6) is 0 Å². The summed E-state index contributed by atoms with van der Waals surface area (Å²) < 4.78 is 0. The first-order valence-electron chi connectivity index (χ1n) is 5.42. The maximum atomic E-state index is 6.08. The van der Waals surface area contributed by atoms with Crippen molar-refractivity contribution in [3.05, 3.63) is 30.1 Å². The van der Waals surface area contributed by atoms with Gasteiger partial charge in [-0.1, -0.05) is 0 Å². The lowest BCUT2D eigenvalue weighted by Gasteiger charge is -2.18. The van der Waals surface area contributed by atoms with Crippen LogP contribution in [0, 0.1) is 0 Å². The average Bonchev–Trinajstić information content (AvgIpc) is 2.93. The van der Waals surface area contributed by atoms with Crippen LogP contribution in [0.2, 0.25) is 0 Å². The minimum atomic E-state index is 0.210. The quantitative estimate of drug-likeness (QED) is 0.780. The highest BCUT2D eigenvalue weighted by Crippen LogP contribution is 2.52. The molecule has 0 saturated heterocycles. The number of nitrogens with zero attached hydrogens (tertiary/aromatic N) is 1. The number of nitrogens with two attached hydrogens (primary N) is 1. The first-order chi connectivity index (χ1) is 7.24. The van der Waals surface area contributed by atoms with Crippen LogP contribution in [0.1, 0.15) is 25.3 Å². The molecule has 15 heavy (non-hydrogen) atoms. The molecule has 1 aliphatic rings. The van der Waals surface area contributed by atoms with Gasteiger partial charge in [0.05, 0.1) is 0 Å². The number of rotatable bonds is 2. The molecule has 3 N–H and O–H groups in total. The Bertz CT molecular complexity index is 494. The fourth-order valence-corrected chi connectivity index (χ4v) is 2.47. The summed E-state index contributed by atoms with van der Waals surface area (Å²) in [6.07, 6.45) is 6.29. The van der Waals surface area contributed by atoms with Gasteiger partial charge in [-0.15, -0.1) is 0 Å². The second-order valence-corrected chi connectivity index (χ2v) is 4.55. The van der Waals surface area contributed by atoms with Crippen molar-refractivity contribution in [2.75, 3.05) is 0 Å². The van der Waals surface area contributed by atoms with Gasteiger partial charge in [-0.05, 0) is 37.5 Å². The van der Waals surface area contributed by atoms with Crippen LogP contribution in [0.15, 0.2) is 24.5 Å². The van der Waals surface area contributed by atoms with Gasteiger partial charge in [0, 0.05) is 29.2 Å². The predicted molar refractivity (Wildman–Crippen MR) is 60.7 cm³/mol. The molecule has 0 bridgehead atoms. The number of hydrogen-bond donors (Lipinski definition) is 2. The van der Waals surface area contributed by atoms with Gasteiger partial charge in [0.15, 0.2) is 0 Å². The third-order valence-corrected chi connectivity index (χ3v) is 3.65. The molecule has 2 aromatic rings. The molecule has 3 rings (SSSR count). The summed E-state index contributed by atoms with van der Waals surface area (Å²) in [7, 11) is 0. The van der Waals surface area contributed by atoms with E-state index in [2.05, 4.69) is 29.2 Å². The molecule has 1 fully saturated rings. The van der Waals surface area contributed by atoms with E-state index in [9.17, 15) is 0 Å². The molecule has 0 aliphatic heterocycles. The number of aromatic amines is 1. The van der Waals surface area contributed by atoms with Gasteiger partial charge in [-0.2, -0.15) is 0 Å². The Morgan fingerprint density at radius 2 is 2.33 bits per heavy atom. The second kappa shape index (κ2) is 2.83. The van der Waals surface area contributed by atoms with Crippen molar-refractivity contribution >= 4 is 11.0 Å². The highest BCUT2D eigenvalue weighted by atomic mass is 14.9. The van der Waals surface area contributed by atoms with Crippen LogP contribution in [-0.2, 0) is 5.41 Å². The summed E-state index contributed by atoms with van der Waals surface area (Å²) >= 11 is 0. The summed E-state index contributed by atoms with van der Waals surface area (Å²) in [5.74, 6) is 0. The molecule has 1 unspecified atom stereocenters. The van der Waals surface area contributed by atoms with E-state index >= 15 is 0 Å². The smallest absolute Gasteiger partial charge is 0.137 e. The van der Waals surface area contributed by atoms with E-state index < -0.39 is 0 Å². The molecule has 0 spiro atoms. The number of H-pyrrole nitrogens is 1. The average molecular weight is 201 g/mol. The molecule has 0 radical (unpaired) electrons. The molecule has 3 nitrogen and oxygen atoms in total. The van der Waals surface area contributed by atoms with Crippen molar-refractivity contribution in [2.45, 2.75) is 31.2 Å². The van der Waals surface area contributed by atoms with Gasteiger partial charge in [0.1, 0.15) is 5.65 Å². The third kappa shape index (κ3) is 1.13. The second-order valence-electron chi connectivity index (χ2n) is 4.55. The summed E-state index contributed by atoms with van der Waals surface area (Å²) in [6, 6.07) is 4.32. The SMILES string of the molecule is CC(N)C1(c2c[nH]c3ncccc23)CC1. The zero-order chi connectivity index (χ0) is 10.5. The van der Waals surface area contributed by atoms with Gasteiger partial charge < -0.3 is 10.7 Å². The number of fused-ring (bicyclic) bond motifs is 1. The maximum Gasteiger partial charge on any atom is 0.137 e. The van der Waals surface area contributed by atoms with Crippen molar-refractivity contribution in [3.8, 4) is 0 Å². The summed E-state index contributed by atoms with van der Waals surface area (Å²) in [4.78, 5) is 7.53. The fraction of sp³-hybridized carbons (Fsp3) is 0.417. The van der Waals surface area contributed by atoms with E-state index in [1.807, 2.05) is 12.3 Å². The standard InChI is InChI=1S/C12H15N3/c1-8(13)12(4-5-12)10-7-15-11-9(10)3-2-6-14-11/h2-3,6-8H,4-5,13H2,1H3,(H,14,15). The molecule has 1 aliphatic carbocycles. The van der Waals surface area contributed by atoms with Crippen LogP contribution < -0.4 is 5.73 Å². The molecule has 2 heterocycles. The molecule has 78 valence electrons. The number of pyridine rings is 1. The summed E-state index contributed by atoms with van der Waals surface area (Å²) in [5.41, 5.74) is 8.61. The van der Waals surface area contributed by atoms with Crippen molar-refractivity contribution in [2.24, 2.45) is 5.73 Å². The first-order valence-corrected chi connectivity index (χ1v) is 5.42. The van der Waals surface area contributed by atoms with Gasteiger partial charge in [0.25, 0.3) is 0 Å². The van der Waals surface area contributed by atoms with Crippen molar-refractivity contribution in [1.82, 2.24) is 9.97 Å². The van der Waals surface area contributed by atoms with Crippen LogP contribution in [0.25, 0.3) is 11.0 Å². The fourth-order valence-electron chi connectivity index (χ4n) is 2.47. The monoisotopic (exact) mass is 201 g/mol.